The highest BCUT2D eigenvalue weighted by molar-refractivity contribution is 7.90. The minimum Gasteiger partial charge on any atom is -0.317 e. The van der Waals surface area contributed by atoms with E-state index in [1.807, 2.05) is 25.1 Å². The quantitative estimate of drug-likeness (QED) is 0.221. The molecule has 3 heterocycles. The molecule has 1 aromatic heterocycles. The number of benzene rings is 3. The third kappa shape index (κ3) is 5.20. The number of aromatic nitrogens is 1. The maximum Gasteiger partial charge on any atom is 0.269 e. The molecule has 5 atom stereocenters. The van der Waals surface area contributed by atoms with Crippen LogP contribution < -0.4 is 4.90 Å². The predicted molar refractivity (Wildman–Crippen MR) is 177 cm³/mol. The van der Waals surface area contributed by atoms with Crippen molar-refractivity contribution in [2.45, 2.75) is 69.7 Å². The Kier molecular flexibility index (Phi) is 7.50. The van der Waals surface area contributed by atoms with Crippen LogP contribution in [0.1, 0.15) is 43.4 Å². The van der Waals surface area contributed by atoms with Gasteiger partial charge in [-0.15, -0.1) is 0 Å². The lowest BCUT2D eigenvalue weighted by molar-refractivity contribution is 0.173. The van der Waals surface area contributed by atoms with Crippen molar-refractivity contribution in [2.75, 3.05) is 4.90 Å². The molecule has 3 aromatic carbocycles. The Bertz CT molecular complexity index is 1760. The van der Waals surface area contributed by atoms with Crippen molar-refractivity contribution in [1.82, 2.24) is 8.87 Å². The van der Waals surface area contributed by atoms with Gasteiger partial charge in [-0.1, -0.05) is 85.3 Å². The van der Waals surface area contributed by atoms with Gasteiger partial charge in [0.15, 0.2) is 5.82 Å². The Morgan fingerprint density at radius 3 is 2.11 bits per heavy atom. The van der Waals surface area contributed by atoms with E-state index in [2.05, 4.69) is 89.3 Å². The number of hydrogen-bond donors (Lipinski definition) is 0. The summed E-state index contributed by atoms with van der Waals surface area (Å²) < 4.78 is 28.7. The van der Waals surface area contributed by atoms with Crippen molar-refractivity contribution in [3.63, 3.8) is 0 Å². The molecule has 0 N–H and O–H groups in total. The first-order valence-electron chi connectivity index (χ1n) is 15.6. The molecule has 0 spiro atoms. The van der Waals surface area contributed by atoms with Gasteiger partial charge in [0.2, 0.25) is 0 Å². The fourth-order valence-electron chi connectivity index (χ4n) is 7.46. The molecule has 1 fully saturated rings. The van der Waals surface area contributed by atoms with E-state index in [0.717, 1.165) is 43.0 Å². The number of rotatable bonds is 8. The Morgan fingerprint density at radius 2 is 1.48 bits per heavy atom. The summed E-state index contributed by atoms with van der Waals surface area (Å²) in [6, 6.07) is 31.0. The maximum absolute atomic E-state index is 13.7. The van der Waals surface area contributed by atoms with Gasteiger partial charge in [0.25, 0.3) is 10.0 Å². The molecule has 226 valence electrons. The standard InChI is InChI=1S/C36H39N5O2S/c1-25-14-16-31(17-15-25)44(42,43)40-19-18-33-36(40)37-22-34-38-27(3)35(41(33)34)32-21-30(20-26(32)2)39(23-28-10-6-4-7-11-28)24-29-12-8-5-9-13-29/h4-19,22,26-27,30,32,35H,20-21,23-24H2,1-3H3. The van der Waals surface area contributed by atoms with Crippen molar-refractivity contribution < 1.29 is 8.42 Å². The summed E-state index contributed by atoms with van der Waals surface area (Å²) in [7, 11) is -3.79. The zero-order valence-corrected chi connectivity index (χ0v) is 26.3. The molecule has 44 heavy (non-hydrogen) atoms. The van der Waals surface area contributed by atoms with E-state index in [-0.39, 0.29) is 17.0 Å². The lowest BCUT2D eigenvalue weighted by Crippen LogP contribution is -2.46. The number of aliphatic imine (C=N–C) groups is 2. The largest absolute Gasteiger partial charge is 0.317 e. The monoisotopic (exact) mass is 605 g/mol. The molecule has 5 unspecified atom stereocenters. The average molecular weight is 606 g/mol. The zero-order valence-electron chi connectivity index (χ0n) is 25.5. The van der Waals surface area contributed by atoms with Crippen molar-refractivity contribution in [3.05, 3.63) is 114 Å². The minimum atomic E-state index is -3.79. The number of nitrogens with zero attached hydrogens (tertiary/aromatic N) is 5. The maximum atomic E-state index is 13.7. The first kappa shape index (κ1) is 28.7. The fraction of sp³-hybridized carbons (Fsp3) is 0.333. The van der Waals surface area contributed by atoms with Crippen LogP contribution in [-0.2, 0) is 23.1 Å². The van der Waals surface area contributed by atoms with E-state index in [4.69, 9.17) is 4.99 Å². The molecular weight excluding hydrogens is 566 g/mol. The zero-order chi connectivity index (χ0) is 30.4. The summed E-state index contributed by atoms with van der Waals surface area (Å²) in [5.41, 5.74) is 4.48. The van der Waals surface area contributed by atoms with E-state index >= 15 is 0 Å². The molecular formula is C36H39N5O2S. The highest BCUT2D eigenvalue weighted by Gasteiger charge is 2.48. The van der Waals surface area contributed by atoms with Crippen molar-refractivity contribution in [3.8, 4) is 0 Å². The van der Waals surface area contributed by atoms with E-state index in [0.29, 0.717) is 23.7 Å². The van der Waals surface area contributed by atoms with Gasteiger partial charge in [0.05, 0.1) is 28.9 Å². The van der Waals surface area contributed by atoms with Crippen LogP contribution in [-0.4, -0.2) is 47.5 Å². The number of fused-ring (bicyclic) bond motifs is 3. The summed E-state index contributed by atoms with van der Waals surface area (Å²) in [6.45, 7) is 8.33. The highest BCUT2D eigenvalue weighted by Crippen LogP contribution is 2.46. The van der Waals surface area contributed by atoms with Crippen LogP contribution in [0.4, 0.5) is 11.5 Å². The highest BCUT2D eigenvalue weighted by atomic mass is 32.2. The normalized spacial score (nSPS) is 24.4. The van der Waals surface area contributed by atoms with Crippen LogP contribution in [0.25, 0.3) is 0 Å². The second kappa shape index (κ2) is 11.5. The van der Waals surface area contributed by atoms with Crippen LogP contribution in [0.15, 0.2) is 112 Å². The van der Waals surface area contributed by atoms with E-state index in [1.165, 1.54) is 15.1 Å². The molecule has 7 rings (SSSR count). The number of hydrogen-bond acceptors (Lipinski definition) is 6. The third-order valence-electron chi connectivity index (χ3n) is 9.65. The van der Waals surface area contributed by atoms with Gasteiger partial charge in [-0.25, -0.2) is 17.4 Å². The second-order valence-electron chi connectivity index (χ2n) is 12.6. The molecule has 4 aromatic rings. The summed E-state index contributed by atoms with van der Waals surface area (Å²) in [5, 5.41) is 0. The topological polar surface area (TPSA) is 70.3 Å². The Morgan fingerprint density at radius 1 is 0.841 bits per heavy atom. The van der Waals surface area contributed by atoms with Gasteiger partial charge in [-0.2, -0.15) is 0 Å². The van der Waals surface area contributed by atoms with Crippen LogP contribution in [0.5, 0.6) is 0 Å². The smallest absolute Gasteiger partial charge is 0.269 e. The minimum absolute atomic E-state index is 0.0716. The molecule has 0 saturated heterocycles. The molecule has 7 nitrogen and oxygen atoms in total. The Hall–Kier alpha value is -4.01. The van der Waals surface area contributed by atoms with Gasteiger partial charge in [0.1, 0.15) is 5.84 Å². The lowest BCUT2D eigenvalue weighted by atomic mass is 9.86. The van der Waals surface area contributed by atoms with Crippen molar-refractivity contribution >= 4 is 33.6 Å². The van der Waals surface area contributed by atoms with Gasteiger partial charge in [-0.3, -0.25) is 9.89 Å². The summed E-state index contributed by atoms with van der Waals surface area (Å²) in [6.07, 6.45) is 5.56. The Balaban J connectivity index is 1.18. The van der Waals surface area contributed by atoms with Crippen LogP contribution in [0.2, 0.25) is 0 Å². The number of amidine groups is 1. The number of anilines is 1. The number of aryl methyl sites for hydroxylation is 1. The molecule has 8 heteroatoms. The molecule has 1 saturated carbocycles. The molecule has 2 aliphatic heterocycles. The molecule has 0 amide bonds. The first-order valence-corrected chi connectivity index (χ1v) is 17.0. The average Bonchev–Trinajstić information content (AvgIpc) is 3.72. The lowest BCUT2D eigenvalue weighted by Gasteiger charge is -2.36. The predicted octanol–water partition coefficient (Wildman–Crippen LogP) is 6.84. The van der Waals surface area contributed by atoms with Crippen molar-refractivity contribution in [2.24, 2.45) is 21.8 Å². The fourth-order valence-corrected chi connectivity index (χ4v) is 8.76. The third-order valence-corrected chi connectivity index (χ3v) is 11.3. The first-order chi connectivity index (χ1) is 21.3. The van der Waals surface area contributed by atoms with Crippen LogP contribution >= 0.6 is 0 Å². The Labute approximate surface area is 260 Å². The molecule has 3 aliphatic rings. The summed E-state index contributed by atoms with van der Waals surface area (Å²) >= 11 is 0. The van der Waals surface area contributed by atoms with Crippen LogP contribution in [0.3, 0.4) is 0 Å². The second-order valence-corrected chi connectivity index (χ2v) is 14.4. The van der Waals surface area contributed by atoms with Crippen molar-refractivity contribution in [1.29, 1.82) is 0 Å². The van der Waals surface area contributed by atoms with Gasteiger partial charge >= 0.3 is 0 Å². The van der Waals surface area contributed by atoms with E-state index < -0.39 is 10.0 Å². The van der Waals surface area contributed by atoms with Gasteiger partial charge < -0.3 is 4.90 Å². The van der Waals surface area contributed by atoms with Gasteiger partial charge in [-0.05, 0) is 67.9 Å². The molecule has 1 aliphatic carbocycles. The summed E-state index contributed by atoms with van der Waals surface area (Å²) in [5.74, 6) is 2.14. The SMILES string of the molecule is Cc1ccc(S(=O)(=O)n2ccc3c2N=CC2=NC(C)C(C4CC(N(Cc5ccccc5)Cc5ccccc5)CC4C)N23)cc1. The van der Waals surface area contributed by atoms with E-state index in [9.17, 15) is 8.42 Å². The molecule has 0 bridgehead atoms. The van der Waals surface area contributed by atoms with E-state index in [1.54, 1.807) is 24.5 Å². The summed E-state index contributed by atoms with van der Waals surface area (Å²) in [4.78, 5) is 14.8. The molecule has 0 radical (unpaired) electrons. The van der Waals surface area contributed by atoms with Crippen LogP contribution in [0, 0.1) is 18.8 Å². The van der Waals surface area contributed by atoms with Gasteiger partial charge in [0, 0.05) is 25.3 Å².